The Morgan fingerprint density at radius 3 is 1.48 bits per heavy atom. The number of ether oxygens (including phenoxy) is 1. The van der Waals surface area contributed by atoms with Crippen molar-refractivity contribution in [1.29, 1.82) is 0 Å². The third-order valence-corrected chi connectivity index (χ3v) is 2.15. The number of methoxy groups -OCH3 is 1. The van der Waals surface area contributed by atoms with Crippen LogP contribution in [0.4, 0.5) is 0 Å². The average Bonchev–Trinajstić information content (AvgIpc) is 2.55. The molecule has 2 aromatic rings. The molecule has 0 amide bonds. The van der Waals surface area contributed by atoms with E-state index >= 15 is 0 Å². The Morgan fingerprint density at radius 1 is 0.714 bits per heavy atom. The molecular formula is C18H30N2O. The lowest BCUT2D eigenvalue weighted by molar-refractivity contribution is 0.397. The van der Waals surface area contributed by atoms with Crippen molar-refractivity contribution in [2.75, 3.05) is 7.11 Å². The second kappa shape index (κ2) is 14.5. The molecule has 0 N–H and O–H groups in total. The Bertz CT molecular complexity index is 415. The van der Waals surface area contributed by atoms with E-state index < -0.39 is 0 Å². The van der Waals surface area contributed by atoms with Gasteiger partial charge in [-0.05, 0) is 38.0 Å². The Hall–Kier alpha value is -1.90. The summed E-state index contributed by atoms with van der Waals surface area (Å²) in [5.41, 5.74) is 3.45. The van der Waals surface area contributed by atoms with Gasteiger partial charge in [-0.2, -0.15) is 0 Å². The van der Waals surface area contributed by atoms with Crippen LogP contribution in [0.15, 0.2) is 36.7 Å². The molecular weight excluding hydrogens is 260 g/mol. The minimum Gasteiger partial charge on any atom is -0.481 e. The molecule has 21 heavy (non-hydrogen) atoms. The summed E-state index contributed by atoms with van der Waals surface area (Å²) >= 11 is 0. The van der Waals surface area contributed by atoms with Crippen molar-refractivity contribution >= 4 is 0 Å². The van der Waals surface area contributed by atoms with Crippen LogP contribution < -0.4 is 4.74 Å². The molecule has 2 heterocycles. The van der Waals surface area contributed by atoms with Crippen LogP contribution in [-0.4, -0.2) is 17.1 Å². The molecule has 118 valence electrons. The van der Waals surface area contributed by atoms with Crippen molar-refractivity contribution in [1.82, 2.24) is 9.97 Å². The van der Waals surface area contributed by atoms with Crippen LogP contribution in [0.25, 0.3) is 0 Å². The van der Waals surface area contributed by atoms with Gasteiger partial charge in [0.05, 0.1) is 7.11 Å². The number of nitrogens with zero attached hydrogens (tertiary/aromatic N) is 2. The highest BCUT2D eigenvalue weighted by molar-refractivity contribution is 5.15. The third kappa shape index (κ3) is 11.6. The number of pyridine rings is 2. The fraction of sp³-hybridized carbons (Fsp3) is 0.444. The van der Waals surface area contributed by atoms with E-state index in [1.54, 1.807) is 13.3 Å². The number of rotatable bonds is 1. The van der Waals surface area contributed by atoms with Gasteiger partial charge in [0.25, 0.3) is 0 Å². The van der Waals surface area contributed by atoms with E-state index in [4.69, 9.17) is 4.74 Å². The summed E-state index contributed by atoms with van der Waals surface area (Å²) in [5, 5.41) is 0. The highest BCUT2D eigenvalue weighted by Gasteiger charge is 1.87. The van der Waals surface area contributed by atoms with E-state index in [0.717, 1.165) is 11.3 Å². The van der Waals surface area contributed by atoms with Gasteiger partial charge in [0, 0.05) is 24.2 Å². The van der Waals surface area contributed by atoms with Crippen molar-refractivity contribution in [2.45, 2.75) is 48.5 Å². The van der Waals surface area contributed by atoms with Crippen molar-refractivity contribution in [3.8, 4) is 5.88 Å². The highest BCUT2D eigenvalue weighted by Crippen LogP contribution is 2.04. The van der Waals surface area contributed by atoms with Crippen LogP contribution in [0.1, 0.15) is 44.5 Å². The first-order valence-electron chi connectivity index (χ1n) is 7.47. The van der Waals surface area contributed by atoms with Crippen molar-refractivity contribution in [3.05, 3.63) is 53.5 Å². The lowest BCUT2D eigenvalue weighted by Crippen LogP contribution is -1.85. The predicted molar refractivity (Wildman–Crippen MR) is 91.9 cm³/mol. The molecule has 0 radical (unpaired) electrons. The molecule has 0 aromatic carbocycles. The van der Waals surface area contributed by atoms with Gasteiger partial charge >= 0.3 is 0 Å². The van der Waals surface area contributed by atoms with E-state index in [1.165, 1.54) is 5.56 Å². The molecule has 0 unspecified atom stereocenters. The summed E-state index contributed by atoms with van der Waals surface area (Å²) in [5.74, 6) is 0.667. The van der Waals surface area contributed by atoms with Gasteiger partial charge in [0.1, 0.15) is 0 Å². The van der Waals surface area contributed by atoms with E-state index in [0.29, 0.717) is 5.88 Å². The van der Waals surface area contributed by atoms with Gasteiger partial charge in [0.15, 0.2) is 0 Å². The van der Waals surface area contributed by atoms with Crippen LogP contribution in [0.3, 0.4) is 0 Å². The third-order valence-electron chi connectivity index (χ3n) is 2.15. The molecule has 0 aliphatic heterocycles. The zero-order valence-corrected chi connectivity index (χ0v) is 14.8. The van der Waals surface area contributed by atoms with Gasteiger partial charge in [-0.3, -0.25) is 4.98 Å². The molecule has 0 saturated carbocycles. The van der Waals surface area contributed by atoms with E-state index in [1.807, 2.05) is 72.9 Å². The maximum absolute atomic E-state index is 4.86. The zero-order valence-electron chi connectivity index (χ0n) is 14.8. The molecule has 0 fully saturated rings. The van der Waals surface area contributed by atoms with Crippen LogP contribution >= 0.6 is 0 Å². The number of hydrogen-bond donors (Lipinski definition) is 0. The Balaban J connectivity index is 0. The lowest BCUT2D eigenvalue weighted by Gasteiger charge is -1.95. The molecule has 2 rings (SSSR count). The fourth-order valence-electron chi connectivity index (χ4n) is 1.12. The smallest absolute Gasteiger partial charge is 0.212 e. The standard InChI is InChI=1S/C7H9NO.C7H9N.2C2H6/c1-6-3-4-7(9-2)8-5-6;1-6-3-4-7(2)8-5-6;2*1-2/h3-5H,1-2H3;3-5H,1-2H3;2*1-2H3. The summed E-state index contributed by atoms with van der Waals surface area (Å²) in [6.07, 6.45) is 3.65. The first-order chi connectivity index (χ1) is 10.1. The van der Waals surface area contributed by atoms with Gasteiger partial charge in [0.2, 0.25) is 5.88 Å². The normalized spacial score (nSPS) is 8.00. The van der Waals surface area contributed by atoms with Crippen LogP contribution in [0, 0.1) is 20.8 Å². The maximum atomic E-state index is 4.86. The van der Waals surface area contributed by atoms with Crippen LogP contribution in [-0.2, 0) is 0 Å². The predicted octanol–water partition coefficient (Wildman–Crippen LogP) is 5.15. The monoisotopic (exact) mass is 290 g/mol. The molecule has 0 aliphatic carbocycles. The van der Waals surface area contributed by atoms with Crippen LogP contribution in [0.5, 0.6) is 5.88 Å². The first kappa shape index (κ1) is 21.4. The quantitative estimate of drug-likeness (QED) is 0.728. The summed E-state index contributed by atoms with van der Waals surface area (Å²) in [6, 6.07) is 7.87. The summed E-state index contributed by atoms with van der Waals surface area (Å²) in [6.45, 7) is 14.0. The second-order valence-electron chi connectivity index (χ2n) is 3.85. The first-order valence-corrected chi connectivity index (χ1v) is 7.47. The SMILES string of the molecule is CC.CC.COc1ccc(C)cn1.Cc1ccc(C)nc1. The maximum Gasteiger partial charge on any atom is 0.212 e. The number of aromatic nitrogens is 2. The topological polar surface area (TPSA) is 35.0 Å². The van der Waals surface area contributed by atoms with Crippen molar-refractivity contribution in [2.24, 2.45) is 0 Å². The fourth-order valence-corrected chi connectivity index (χ4v) is 1.12. The lowest BCUT2D eigenvalue weighted by atomic mass is 10.3. The largest absolute Gasteiger partial charge is 0.481 e. The molecule has 0 spiro atoms. The Kier molecular flexibility index (Phi) is 14.8. The van der Waals surface area contributed by atoms with E-state index in [9.17, 15) is 0 Å². The average molecular weight is 290 g/mol. The molecule has 0 bridgehead atoms. The highest BCUT2D eigenvalue weighted by atomic mass is 16.5. The molecule has 3 nitrogen and oxygen atoms in total. The molecule has 2 aromatic heterocycles. The van der Waals surface area contributed by atoms with Gasteiger partial charge in [-0.15, -0.1) is 0 Å². The minimum atomic E-state index is 0.667. The van der Waals surface area contributed by atoms with E-state index in [-0.39, 0.29) is 0 Å². The second-order valence-corrected chi connectivity index (χ2v) is 3.85. The summed E-state index contributed by atoms with van der Waals surface area (Å²) in [7, 11) is 1.61. The Morgan fingerprint density at radius 2 is 1.19 bits per heavy atom. The molecule has 0 aliphatic rings. The van der Waals surface area contributed by atoms with E-state index in [2.05, 4.69) is 16.0 Å². The van der Waals surface area contributed by atoms with Crippen molar-refractivity contribution < 1.29 is 4.74 Å². The number of hydrogen-bond acceptors (Lipinski definition) is 3. The van der Waals surface area contributed by atoms with Gasteiger partial charge in [-0.25, -0.2) is 4.98 Å². The van der Waals surface area contributed by atoms with Crippen molar-refractivity contribution in [3.63, 3.8) is 0 Å². The summed E-state index contributed by atoms with van der Waals surface area (Å²) < 4.78 is 4.86. The molecule has 3 heteroatoms. The molecule has 0 atom stereocenters. The van der Waals surface area contributed by atoms with Crippen LogP contribution in [0.2, 0.25) is 0 Å². The Labute approximate surface area is 130 Å². The minimum absolute atomic E-state index is 0.667. The summed E-state index contributed by atoms with van der Waals surface area (Å²) in [4.78, 5) is 8.05. The van der Waals surface area contributed by atoms with Gasteiger partial charge in [-0.1, -0.05) is 39.8 Å². The number of aryl methyl sites for hydroxylation is 3. The molecule has 0 saturated heterocycles. The van der Waals surface area contributed by atoms with Gasteiger partial charge < -0.3 is 4.74 Å². The zero-order chi connectivity index (χ0) is 16.7.